The van der Waals surface area contributed by atoms with Crippen LogP contribution in [0, 0.1) is 15.9 Å². The van der Waals surface area contributed by atoms with Crippen molar-refractivity contribution in [1.29, 1.82) is 0 Å². The summed E-state index contributed by atoms with van der Waals surface area (Å²) in [5.74, 6) is -0.0814. The van der Waals surface area contributed by atoms with Crippen LogP contribution in [-0.4, -0.2) is 23.6 Å². The molecule has 0 spiro atoms. The van der Waals surface area contributed by atoms with E-state index in [-0.39, 0.29) is 29.9 Å². The van der Waals surface area contributed by atoms with Crippen LogP contribution in [0.4, 0.5) is 10.1 Å². The Morgan fingerprint density at radius 1 is 1.03 bits per heavy atom. The van der Waals surface area contributed by atoms with E-state index in [9.17, 15) is 24.1 Å². The average Bonchev–Trinajstić information content (AvgIpc) is 3.48. The number of hydrogen-bond donors (Lipinski definition) is 0. The average molecular weight is 461 g/mol. The number of fused-ring (bicyclic) bond motifs is 1. The van der Waals surface area contributed by atoms with Gasteiger partial charge in [-0.1, -0.05) is 12.1 Å². The summed E-state index contributed by atoms with van der Waals surface area (Å²) in [7, 11) is 0. The molecule has 3 heterocycles. The van der Waals surface area contributed by atoms with Crippen LogP contribution in [0.3, 0.4) is 0 Å². The molecule has 0 N–H and O–H groups in total. The van der Waals surface area contributed by atoms with Crippen LogP contribution >= 0.6 is 0 Å². The van der Waals surface area contributed by atoms with E-state index in [0.717, 1.165) is 4.57 Å². The maximum atomic E-state index is 13.5. The Bertz CT molecular complexity index is 1630. The largest absolute Gasteiger partial charge is 0.467 e. The second kappa shape index (κ2) is 8.28. The Morgan fingerprint density at radius 2 is 1.82 bits per heavy atom. The molecule has 0 saturated carbocycles. The first-order valence-electron chi connectivity index (χ1n) is 10.1. The van der Waals surface area contributed by atoms with Gasteiger partial charge in [0.05, 0.1) is 29.7 Å². The van der Waals surface area contributed by atoms with Gasteiger partial charge in [-0.15, -0.1) is 0 Å². The van der Waals surface area contributed by atoms with Crippen molar-refractivity contribution < 1.29 is 13.7 Å². The number of imidazole rings is 1. The third-order valence-corrected chi connectivity index (χ3v) is 5.35. The molecule has 0 fully saturated rings. The van der Waals surface area contributed by atoms with Gasteiger partial charge in [0.25, 0.3) is 11.2 Å². The molecule has 0 radical (unpaired) electrons. The molecule has 5 rings (SSSR count). The van der Waals surface area contributed by atoms with Crippen LogP contribution in [0.2, 0.25) is 0 Å². The highest BCUT2D eigenvalue weighted by molar-refractivity contribution is 5.72. The van der Waals surface area contributed by atoms with E-state index in [0.29, 0.717) is 17.0 Å². The van der Waals surface area contributed by atoms with Crippen molar-refractivity contribution in [2.75, 3.05) is 0 Å². The molecule has 0 saturated heterocycles. The topological polar surface area (TPSA) is 118 Å². The van der Waals surface area contributed by atoms with Crippen molar-refractivity contribution in [1.82, 2.24) is 18.7 Å². The lowest BCUT2D eigenvalue weighted by molar-refractivity contribution is -0.384. The fourth-order valence-electron chi connectivity index (χ4n) is 3.79. The SMILES string of the molecule is O=c1c2c(ncn2Cc2cccc([N+](=O)[O-])c2)n(-c2ccc(F)cc2)c(=O)n1Cc1ccco1. The van der Waals surface area contributed by atoms with Gasteiger partial charge in [-0.3, -0.25) is 19.5 Å². The van der Waals surface area contributed by atoms with Crippen LogP contribution < -0.4 is 11.2 Å². The number of aromatic nitrogens is 4. The smallest absolute Gasteiger partial charge is 0.337 e. The fraction of sp³-hybridized carbons (Fsp3) is 0.0870. The van der Waals surface area contributed by atoms with E-state index in [1.54, 1.807) is 24.3 Å². The van der Waals surface area contributed by atoms with E-state index in [2.05, 4.69) is 4.98 Å². The van der Waals surface area contributed by atoms with Crippen LogP contribution in [0.15, 0.2) is 87.3 Å². The van der Waals surface area contributed by atoms with Gasteiger partial charge in [-0.05, 0) is 42.0 Å². The molecule has 0 unspecified atom stereocenters. The quantitative estimate of drug-likeness (QED) is 0.283. The minimum absolute atomic E-state index is 0.0830. The molecule has 0 aliphatic rings. The van der Waals surface area contributed by atoms with Crippen LogP contribution in [0.1, 0.15) is 11.3 Å². The minimum Gasteiger partial charge on any atom is -0.467 e. The van der Waals surface area contributed by atoms with Crippen molar-refractivity contribution in [3.8, 4) is 5.69 Å². The van der Waals surface area contributed by atoms with Crippen LogP contribution in [-0.2, 0) is 13.1 Å². The van der Waals surface area contributed by atoms with Gasteiger partial charge in [-0.2, -0.15) is 0 Å². The fourth-order valence-corrected chi connectivity index (χ4v) is 3.79. The number of rotatable bonds is 6. The summed E-state index contributed by atoms with van der Waals surface area (Å²) in [4.78, 5) is 41.7. The Labute approximate surface area is 189 Å². The number of nitrogens with zero attached hydrogens (tertiary/aromatic N) is 5. The van der Waals surface area contributed by atoms with Crippen LogP contribution in [0.25, 0.3) is 16.9 Å². The first-order chi connectivity index (χ1) is 16.4. The molecule has 34 heavy (non-hydrogen) atoms. The predicted octanol–water partition coefficient (Wildman–Crippen LogP) is 3.09. The first kappa shape index (κ1) is 21.1. The van der Waals surface area contributed by atoms with Gasteiger partial charge >= 0.3 is 5.69 Å². The summed E-state index contributed by atoms with van der Waals surface area (Å²) < 4.78 is 22.6. The van der Waals surface area contributed by atoms with Crippen molar-refractivity contribution >= 4 is 16.9 Å². The molecular formula is C23H16FN5O5. The normalized spacial score (nSPS) is 11.2. The molecule has 11 heteroatoms. The van der Waals surface area contributed by atoms with Crippen LogP contribution in [0.5, 0.6) is 0 Å². The number of nitro benzene ring substituents is 1. The van der Waals surface area contributed by atoms with E-state index in [4.69, 9.17) is 4.42 Å². The highest BCUT2D eigenvalue weighted by Gasteiger charge is 2.20. The maximum absolute atomic E-state index is 13.5. The summed E-state index contributed by atoms with van der Waals surface area (Å²) in [5.41, 5.74) is -0.251. The first-order valence-corrected chi connectivity index (χ1v) is 10.1. The molecule has 0 amide bonds. The summed E-state index contributed by atoms with van der Waals surface area (Å²) in [6.07, 6.45) is 2.82. The molecule has 2 aromatic carbocycles. The van der Waals surface area contributed by atoms with Crippen molar-refractivity contribution in [3.05, 3.63) is 121 Å². The van der Waals surface area contributed by atoms with Crippen molar-refractivity contribution in [2.24, 2.45) is 0 Å². The third kappa shape index (κ3) is 3.68. The highest BCUT2D eigenvalue weighted by atomic mass is 19.1. The Morgan fingerprint density at radius 3 is 2.53 bits per heavy atom. The maximum Gasteiger partial charge on any atom is 0.337 e. The van der Waals surface area contributed by atoms with Gasteiger partial charge in [0, 0.05) is 18.7 Å². The molecule has 5 aromatic rings. The Balaban J connectivity index is 1.73. The lowest BCUT2D eigenvalue weighted by Crippen LogP contribution is -2.40. The van der Waals surface area contributed by atoms with E-state index < -0.39 is 22.0 Å². The molecule has 3 aromatic heterocycles. The van der Waals surface area contributed by atoms with E-state index >= 15 is 0 Å². The second-order valence-corrected chi connectivity index (χ2v) is 7.54. The third-order valence-electron chi connectivity index (χ3n) is 5.35. The van der Waals surface area contributed by atoms with Crippen molar-refractivity contribution in [3.63, 3.8) is 0 Å². The number of non-ortho nitro benzene ring substituents is 1. The predicted molar refractivity (Wildman–Crippen MR) is 120 cm³/mol. The molecule has 0 bridgehead atoms. The van der Waals surface area contributed by atoms with Gasteiger partial charge < -0.3 is 8.98 Å². The van der Waals surface area contributed by atoms with E-state index in [1.807, 2.05) is 0 Å². The molecule has 0 atom stereocenters. The summed E-state index contributed by atoms with van der Waals surface area (Å²) in [6.45, 7) is -0.0143. The molecule has 0 aliphatic heterocycles. The van der Waals surface area contributed by atoms with Gasteiger partial charge in [0.1, 0.15) is 11.6 Å². The number of furan rings is 1. The van der Waals surface area contributed by atoms with E-state index in [1.165, 1.54) is 58.1 Å². The number of nitro groups is 1. The number of halogens is 1. The minimum atomic E-state index is -0.666. The van der Waals surface area contributed by atoms with Gasteiger partial charge in [0.2, 0.25) is 0 Å². The molecular weight excluding hydrogens is 445 g/mol. The summed E-state index contributed by atoms with van der Waals surface area (Å²) in [5, 5.41) is 11.1. The molecule has 170 valence electrons. The van der Waals surface area contributed by atoms with Gasteiger partial charge in [0.15, 0.2) is 11.2 Å². The standard InChI is InChI=1S/C23H16FN5O5/c24-16-6-8-17(9-7-16)28-21-20(22(30)27(23(28)31)13-19-5-2-10-34-19)26(14-25-21)12-15-3-1-4-18(11-15)29(32)33/h1-11,14H,12-13H2. The number of benzene rings is 2. The lowest BCUT2D eigenvalue weighted by Gasteiger charge is -2.12. The zero-order valence-electron chi connectivity index (χ0n) is 17.5. The number of hydrogen-bond acceptors (Lipinski definition) is 6. The summed E-state index contributed by atoms with van der Waals surface area (Å²) in [6, 6.07) is 14.5. The van der Waals surface area contributed by atoms with Crippen molar-refractivity contribution in [2.45, 2.75) is 13.1 Å². The highest BCUT2D eigenvalue weighted by Crippen LogP contribution is 2.18. The lowest BCUT2D eigenvalue weighted by atomic mass is 10.2. The zero-order valence-corrected chi connectivity index (χ0v) is 17.5. The summed E-state index contributed by atoms with van der Waals surface area (Å²) >= 11 is 0. The Hall–Kier alpha value is -4.80. The monoisotopic (exact) mass is 461 g/mol. The van der Waals surface area contributed by atoms with Gasteiger partial charge in [-0.25, -0.2) is 18.7 Å². The second-order valence-electron chi connectivity index (χ2n) is 7.54. The molecule has 10 nitrogen and oxygen atoms in total. The zero-order chi connectivity index (χ0) is 23.8. The Kier molecular flexibility index (Phi) is 5.13. The molecule has 0 aliphatic carbocycles.